The number of rotatable bonds is 10. The van der Waals surface area contributed by atoms with Gasteiger partial charge in [-0.3, -0.25) is 19.3 Å². The number of fused-ring (bicyclic) bond motifs is 1. The van der Waals surface area contributed by atoms with Gasteiger partial charge in [0.05, 0.1) is 0 Å². The summed E-state index contributed by atoms with van der Waals surface area (Å²) in [5, 5.41) is 10.1. The molecule has 3 atom stereocenters. The molecule has 0 radical (unpaired) electrons. The van der Waals surface area contributed by atoms with Crippen molar-refractivity contribution >= 4 is 31.9 Å². The van der Waals surface area contributed by atoms with Gasteiger partial charge in [-0.05, 0) is 63.3 Å². The number of amides is 4. The monoisotopic (exact) mass is 615 g/mol. The minimum atomic E-state index is -1.31. The molecule has 238 valence electrons. The maximum absolute atomic E-state index is 13.5. The van der Waals surface area contributed by atoms with Gasteiger partial charge in [0.25, 0.3) is 11.8 Å². The fraction of sp³-hybridized carbons (Fsp3) is 0.688. The Kier molecular flexibility index (Phi) is 10.4. The molecule has 1 unspecified atom stereocenters. The number of aliphatic hydroxyl groups excluding tert-OH is 1. The van der Waals surface area contributed by atoms with Gasteiger partial charge in [0, 0.05) is 58.3 Å². The van der Waals surface area contributed by atoms with Crippen molar-refractivity contribution in [2.45, 2.75) is 116 Å². The number of benzene rings is 1. The molecule has 11 heteroatoms. The maximum atomic E-state index is 13.5. The summed E-state index contributed by atoms with van der Waals surface area (Å²) >= 11 is 0. The lowest BCUT2D eigenvalue weighted by Gasteiger charge is -2.40. The van der Waals surface area contributed by atoms with Crippen LogP contribution in [0.15, 0.2) is 18.2 Å². The number of piperidine rings is 1. The first-order valence-electron chi connectivity index (χ1n) is 15.6. The molecule has 1 N–H and O–H groups in total. The Morgan fingerprint density at radius 2 is 1.81 bits per heavy atom. The van der Waals surface area contributed by atoms with E-state index in [1.807, 2.05) is 32.9 Å². The van der Waals surface area contributed by atoms with Crippen molar-refractivity contribution in [1.29, 1.82) is 0 Å². The Morgan fingerprint density at radius 3 is 2.49 bits per heavy atom. The molecular formula is C32H49N3O7Si. The number of aliphatic hydroxyl groups is 1. The lowest BCUT2D eigenvalue weighted by atomic mass is 9.84. The number of hydrogen-bond acceptors (Lipinski definition) is 7. The van der Waals surface area contributed by atoms with Crippen LogP contribution in [0.25, 0.3) is 0 Å². The average Bonchev–Trinajstić information content (AvgIpc) is 3.24. The van der Waals surface area contributed by atoms with Crippen LogP contribution >= 0.6 is 0 Å². The third-order valence-corrected chi connectivity index (χ3v) is 10.3. The van der Waals surface area contributed by atoms with Crippen molar-refractivity contribution < 1.29 is 33.8 Å². The van der Waals surface area contributed by atoms with E-state index in [2.05, 4.69) is 19.6 Å². The lowest BCUT2D eigenvalue weighted by Crippen LogP contribution is -2.55. The van der Waals surface area contributed by atoms with E-state index in [1.54, 1.807) is 15.9 Å². The highest BCUT2D eigenvalue weighted by molar-refractivity contribution is 6.76. The first kappa shape index (κ1) is 33.1. The van der Waals surface area contributed by atoms with Crippen molar-refractivity contribution in [2.75, 3.05) is 19.9 Å². The summed E-state index contributed by atoms with van der Waals surface area (Å²) < 4.78 is 11.5. The summed E-state index contributed by atoms with van der Waals surface area (Å²) in [4.78, 5) is 57.3. The molecule has 1 aromatic carbocycles. The van der Waals surface area contributed by atoms with E-state index in [0.29, 0.717) is 12.2 Å². The Hall–Kier alpha value is -2.76. The zero-order chi connectivity index (χ0) is 31.5. The van der Waals surface area contributed by atoms with Crippen molar-refractivity contribution in [3.8, 4) is 0 Å². The summed E-state index contributed by atoms with van der Waals surface area (Å²) in [6.07, 6.45) is 3.69. The molecule has 2 fully saturated rings. The van der Waals surface area contributed by atoms with Crippen LogP contribution in [-0.2, 0) is 32.2 Å². The Morgan fingerprint density at radius 1 is 1.09 bits per heavy atom. The van der Waals surface area contributed by atoms with Gasteiger partial charge in [0.1, 0.15) is 18.4 Å². The van der Waals surface area contributed by atoms with Gasteiger partial charge in [-0.1, -0.05) is 44.6 Å². The van der Waals surface area contributed by atoms with E-state index in [-0.39, 0.29) is 63.0 Å². The standard InChI is InChI=1S/C32H49N3O7Si/c1-32(2,3)42-31(40)34(26-10-8-7-9-23(26)20-36)18-22-11-12-25-24(17-22)19-33(29(25)38)27-13-14-28(37)35(30(27)39)21-41-15-16-43(4,5)6/h11-12,17,23,26-27,36H,7-10,13-16,18-21H2,1-6H3/t23-,26-,27?/m0/s1. The van der Waals surface area contributed by atoms with E-state index in [4.69, 9.17) is 9.47 Å². The maximum Gasteiger partial charge on any atom is 0.410 e. The largest absolute Gasteiger partial charge is 0.444 e. The number of hydrogen-bond donors (Lipinski definition) is 1. The molecule has 4 amide bonds. The number of nitrogens with zero attached hydrogens (tertiary/aromatic N) is 3. The van der Waals surface area contributed by atoms with E-state index in [1.165, 1.54) is 0 Å². The molecule has 2 heterocycles. The number of carbonyl (C=O) groups excluding carboxylic acids is 4. The number of ether oxygens (including phenoxy) is 2. The molecule has 0 aromatic heterocycles. The van der Waals surface area contributed by atoms with Gasteiger partial charge >= 0.3 is 6.09 Å². The molecule has 2 aliphatic heterocycles. The van der Waals surface area contributed by atoms with Gasteiger partial charge in [0.15, 0.2) is 0 Å². The molecule has 1 aromatic rings. The second-order valence-electron chi connectivity index (χ2n) is 14.4. The SMILES string of the molecule is CC(C)(C)OC(=O)N(Cc1ccc2c(c1)CN(C1CCC(=O)N(COCC[Si](C)(C)C)C1=O)C2=O)[C@H]1CCCC[C@H]1CO. The van der Waals surface area contributed by atoms with Crippen LogP contribution in [0.1, 0.15) is 80.8 Å². The number of likely N-dealkylation sites (tertiary alicyclic amines) is 1. The molecule has 4 rings (SSSR count). The molecule has 1 aliphatic carbocycles. The highest BCUT2D eigenvalue weighted by Crippen LogP contribution is 2.33. The third kappa shape index (κ3) is 8.24. The molecule has 10 nitrogen and oxygen atoms in total. The van der Waals surface area contributed by atoms with Crippen LogP contribution in [-0.4, -0.2) is 89.3 Å². The summed E-state index contributed by atoms with van der Waals surface area (Å²) in [6.45, 7) is 13.2. The summed E-state index contributed by atoms with van der Waals surface area (Å²) in [5.74, 6) is -0.915. The van der Waals surface area contributed by atoms with E-state index in [9.17, 15) is 24.3 Å². The van der Waals surface area contributed by atoms with Crippen LogP contribution in [0.3, 0.4) is 0 Å². The molecule has 1 saturated carbocycles. The molecule has 0 bridgehead atoms. The quantitative estimate of drug-likeness (QED) is 0.229. The first-order valence-corrected chi connectivity index (χ1v) is 19.3. The fourth-order valence-electron chi connectivity index (χ4n) is 6.17. The Bertz CT molecular complexity index is 1210. The minimum absolute atomic E-state index is 0.00983. The summed E-state index contributed by atoms with van der Waals surface area (Å²) in [7, 11) is -1.31. The predicted octanol–water partition coefficient (Wildman–Crippen LogP) is 4.76. The van der Waals surface area contributed by atoms with E-state index < -0.39 is 31.7 Å². The lowest BCUT2D eigenvalue weighted by molar-refractivity contribution is -0.158. The van der Waals surface area contributed by atoms with Crippen molar-refractivity contribution in [3.05, 3.63) is 34.9 Å². The van der Waals surface area contributed by atoms with Crippen LogP contribution in [0, 0.1) is 5.92 Å². The normalized spacial score (nSPS) is 23.0. The third-order valence-electron chi connectivity index (χ3n) is 8.56. The molecule has 1 saturated heterocycles. The molecule has 43 heavy (non-hydrogen) atoms. The van der Waals surface area contributed by atoms with Gasteiger partial charge in [-0.2, -0.15) is 0 Å². The second kappa shape index (κ2) is 13.5. The second-order valence-corrected chi connectivity index (χ2v) is 20.0. The minimum Gasteiger partial charge on any atom is -0.444 e. The van der Waals surface area contributed by atoms with Gasteiger partial charge in [0.2, 0.25) is 5.91 Å². The topological polar surface area (TPSA) is 117 Å². The Balaban J connectivity index is 1.48. The zero-order valence-corrected chi connectivity index (χ0v) is 27.7. The first-order chi connectivity index (χ1) is 20.2. The Labute approximate surface area is 256 Å². The molecule has 3 aliphatic rings. The van der Waals surface area contributed by atoms with Gasteiger partial charge in [-0.15, -0.1) is 0 Å². The predicted molar refractivity (Wildman–Crippen MR) is 165 cm³/mol. The number of imide groups is 1. The highest BCUT2D eigenvalue weighted by atomic mass is 28.3. The van der Waals surface area contributed by atoms with Crippen molar-refractivity contribution in [2.24, 2.45) is 5.92 Å². The van der Waals surface area contributed by atoms with Gasteiger partial charge < -0.3 is 24.4 Å². The highest BCUT2D eigenvalue weighted by Gasteiger charge is 2.43. The fourth-order valence-corrected chi connectivity index (χ4v) is 6.93. The van der Waals surface area contributed by atoms with Crippen molar-refractivity contribution in [3.63, 3.8) is 0 Å². The van der Waals surface area contributed by atoms with Crippen LogP contribution in [0.5, 0.6) is 0 Å². The summed E-state index contributed by atoms with van der Waals surface area (Å²) in [6, 6.07) is 5.60. The van der Waals surface area contributed by atoms with E-state index >= 15 is 0 Å². The smallest absolute Gasteiger partial charge is 0.410 e. The zero-order valence-electron chi connectivity index (χ0n) is 26.7. The molecule has 0 spiro atoms. The summed E-state index contributed by atoms with van der Waals surface area (Å²) in [5.41, 5.74) is 1.51. The molecular weight excluding hydrogens is 566 g/mol. The van der Waals surface area contributed by atoms with Crippen molar-refractivity contribution in [1.82, 2.24) is 14.7 Å². The number of carbonyl (C=O) groups is 4. The average molecular weight is 616 g/mol. The van der Waals surface area contributed by atoms with E-state index in [0.717, 1.165) is 47.8 Å². The van der Waals surface area contributed by atoms with Gasteiger partial charge in [-0.25, -0.2) is 4.79 Å². The van der Waals surface area contributed by atoms with Crippen LogP contribution in [0.2, 0.25) is 25.7 Å². The van der Waals surface area contributed by atoms with Crippen LogP contribution < -0.4 is 0 Å². The van der Waals surface area contributed by atoms with Crippen LogP contribution in [0.4, 0.5) is 4.79 Å².